The highest BCUT2D eigenvalue weighted by atomic mass is 79.9. The fourth-order valence-electron chi connectivity index (χ4n) is 2.05. The van der Waals surface area contributed by atoms with Crippen LogP contribution in [0.5, 0.6) is 11.5 Å². The zero-order valence-electron chi connectivity index (χ0n) is 14.4. The average molecular weight is 450 g/mol. The minimum absolute atomic E-state index is 0.112. The molecular weight excluding hydrogens is 430 g/mol. The summed E-state index contributed by atoms with van der Waals surface area (Å²) >= 11 is 5.07. The summed E-state index contributed by atoms with van der Waals surface area (Å²) < 4.78 is 25.7. The Morgan fingerprint density at radius 2 is 1.92 bits per heavy atom. The van der Waals surface area contributed by atoms with E-state index in [-0.39, 0.29) is 6.10 Å². The summed E-state index contributed by atoms with van der Waals surface area (Å²) in [4.78, 5) is 22.9. The van der Waals surface area contributed by atoms with Gasteiger partial charge in [0.1, 0.15) is 17.6 Å². The summed E-state index contributed by atoms with van der Waals surface area (Å²) in [6.45, 7) is -0.191. The standard InChI is InChI=1S/C16H20BrNO7S/c1-21-13-6-12(17)14(22-2)5-10(13)3-4-18-15(19)23-9-24-16(20)25-11-7-26-8-11/h5-6,11H,3-4,7-9H2,1-2H3,(H,18,19). The molecule has 1 aliphatic heterocycles. The Bertz CT molecular complexity index is 639. The molecule has 1 N–H and O–H groups in total. The van der Waals surface area contributed by atoms with Gasteiger partial charge in [-0.1, -0.05) is 0 Å². The Kier molecular flexibility index (Phi) is 8.17. The summed E-state index contributed by atoms with van der Waals surface area (Å²) in [7, 11) is 3.14. The maximum Gasteiger partial charge on any atom is 0.511 e. The van der Waals surface area contributed by atoms with E-state index in [1.54, 1.807) is 32.0 Å². The minimum Gasteiger partial charge on any atom is -0.496 e. The van der Waals surface area contributed by atoms with Crippen LogP contribution in [-0.4, -0.2) is 57.4 Å². The lowest BCUT2D eigenvalue weighted by Gasteiger charge is -2.23. The summed E-state index contributed by atoms with van der Waals surface area (Å²) in [5.74, 6) is 2.87. The van der Waals surface area contributed by atoms with Crippen molar-refractivity contribution in [2.24, 2.45) is 0 Å². The molecule has 0 radical (unpaired) electrons. The van der Waals surface area contributed by atoms with Crippen molar-refractivity contribution in [3.8, 4) is 11.5 Å². The van der Waals surface area contributed by atoms with Crippen molar-refractivity contribution in [1.29, 1.82) is 0 Å². The maximum absolute atomic E-state index is 11.6. The first-order chi connectivity index (χ1) is 12.5. The zero-order chi connectivity index (χ0) is 18.9. The molecule has 1 heterocycles. The van der Waals surface area contributed by atoms with Gasteiger partial charge in [-0.3, -0.25) is 0 Å². The Balaban J connectivity index is 1.68. The molecule has 10 heteroatoms. The number of nitrogens with one attached hydrogen (secondary N) is 1. The normalized spacial score (nSPS) is 13.3. The number of hydrogen-bond donors (Lipinski definition) is 1. The van der Waals surface area contributed by atoms with E-state index in [9.17, 15) is 9.59 Å². The molecule has 0 unspecified atom stereocenters. The van der Waals surface area contributed by atoms with Crippen molar-refractivity contribution in [2.75, 3.05) is 39.1 Å². The summed E-state index contributed by atoms with van der Waals surface area (Å²) in [6, 6.07) is 3.63. The molecule has 0 spiro atoms. The molecule has 0 saturated carbocycles. The van der Waals surface area contributed by atoms with Gasteiger partial charge in [-0.05, 0) is 40.0 Å². The minimum atomic E-state index is -0.838. The molecule has 8 nitrogen and oxygen atoms in total. The van der Waals surface area contributed by atoms with Gasteiger partial charge in [0.25, 0.3) is 0 Å². The summed E-state index contributed by atoms with van der Waals surface area (Å²) in [6.07, 6.45) is -1.14. The van der Waals surface area contributed by atoms with Crippen LogP contribution in [0.1, 0.15) is 5.56 Å². The van der Waals surface area contributed by atoms with Gasteiger partial charge in [0, 0.05) is 18.1 Å². The third kappa shape index (κ3) is 6.17. The van der Waals surface area contributed by atoms with Crippen LogP contribution in [0.3, 0.4) is 0 Å². The van der Waals surface area contributed by atoms with E-state index in [0.717, 1.165) is 21.5 Å². The topological polar surface area (TPSA) is 92.3 Å². The van der Waals surface area contributed by atoms with Crippen molar-refractivity contribution in [1.82, 2.24) is 5.32 Å². The predicted octanol–water partition coefficient (Wildman–Crippen LogP) is 2.96. The number of thioether (sulfide) groups is 1. The lowest BCUT2D eigenvalue weighted by Crippen LogP contribution is -2.32. The molecule has 1 amide bonds. The largest absolute Gasteiger partial charge is 0.511 e. The number of methoxy groups -OCH3 is 2. The average Bonchev–Trinajstić information content (AvgIpc) is 2.59. The molecule has 1 saturated heterocycles. The van der Waals surface area contributed by atoms with Crippen LogP contribution in [0.2, 0.25) is 0 Å². The fraction of sp³-hybridized carbons (Fsp3) is 0.500. The van der Waals surface area contributed by atoms with E-state index in [1.165, 1.54) is 0 Å². The smallest absolute Gasteiger partial charge is 0.496 e. The van der Waals surface area contributed by atoms with Crippen molar-refractivity contribution < 1.29 is 33.3 Å². The molecule has 0 atom stereocenters. The van der Waals surface area contributed by atoms with Crippen LogP contribution >= 0.6 is 27.7 Å². The fourth-order valence-corrected chi connectivity index (χ4v) is 3.10. The summed E-state index contributed by atoms with van der Waals surface area (Å²) in [5.41, 5.74) is 0.867. The number of alkyl carbamates (subject to hydrolysis) is 1. The zero-order valence-corrected chi connectivity index (χ0v) is 16.8. The molecule has 1 aromatic rings. The van der Waals surface area contributed by atoms with E-state index in [4.69, 9.17) is 18.9 Å². The van der Waals surface area contributed by atoms with E-state index in [0.29, 0.717) is 24.5 Å². The highest BCUT2D eigenvalue weighted by Gasteiger charge is 2.23. The van der Waals surface area contributed by atoms with Gasteiger partial charge in [-0.15, -0.1) is 0 Å². The van der Waals surface area contributed by atoms with Crippen molar-refractivity contribution in [2.45, 2.75) is 12.5 Å². The molecule has 0 aliphatic carbocycles. The highest BCUT2D eigenvalue weighted by molar-refractivity contribution is 9.10. The number of ether oxygens (including phenoxy) is 5. The maximum atomic E-state index is 11.6. The number of benzene rings is 1. The van der Waals surface area contributed by atoms with E-state index in [1.807, 2.05) is 6.07 Å². The van der Waals surface area contributed by atoms with Crippen molar-refractivity contribution >= 4 is 39.9 Å². The first-order valence-electron chi connectivity index (χ1n) is 7.75. The first-order valence-corrected chi connectivity index (χ1v) is 9.70. The number of amides is 1. The predicted molar refractivity (Wildman–Crippen MR) is 99.0 cm³/mol. The second-order valence-corrected chi connectivity index (χ2v) is 7.13. The quantitative estimate of drug-likeness (QED) is 0.478. The van der Waals surface area contributed by atoms with E-state index >= 15 is 0 Å². The van der Waals surface area contributed by atoms with E-state index < -0.39 is 19.0 Å². The van der Waals surface area contributed by atoms with Crippen LogP contribution < -0.4 is 14.8 Å². The van der Waals surface area contributed by atoms with Gasteiger partial charge < -0.3 is 29.0 Å². The lowest BCUT2D eigenvalue weighted by molar-refractivity contribution is -0.0244. The van der Waals surface area contributed by atoms with E-state index in [2.05, 4.69) is 26.0 Å². The Hall–Kier alpha value is -1.81. The van der Waals surface area contributed by atoms with Crippen LogP contribution in [0.4, 0.5) is 9.59 Å². The summed E-state index contributed by atoms with van der Waals surface area (Å²) in [5, 5.41) is 2.57. The number of halogens is 1. The van der Waals surface area contributed by atoms with Gasteiger partial charge in [-0.25, -0.2) is 9.59 Å². The molecule has 26 heavy (non-hydrogen) atoms. The monoisotopic (exact) mass is 449 g/mol. The van der Waals surface area contributed by atoms with Gasteiger partial charge in [0.05, 0.1) is 18.7 Å². The van der Waals surface area contributed by atoms with Gasteiger partial charge in [0.15, 0.2) is 0 Å². The van der Waals surface area contributed by atoms with Crippen molar-refractivity contribution in [3.05, 3.63) is 22.2 Å². The van der Waals surface area contributed by atoms with Crippen LogP contribution in [0, 0.1) is 0 Å². The highest BCUT2D eigenvalue weighted by Crippen LogP contribution is 2.32. The van der Waals surface area contributed by atoms with Gasteiger partial charge >= 0.3 is 12.2 Å². The number of hydrogen-bond acceptors (Lipinski definition) is 8. The third-order valence-electron chi connectivity index (χ3n) is 3.46. The second kappa shape index (κ2) is 10.4. The Labute approximate surface area is 164 Å². The lowest BCUT2D eigenvalue weighted by atomic mass is 10.1. The molecule has 0 bridgehead atoms. The first kappa shape index (κ1) is 20.5. The number of rotatable bonds is 8. The van der Waals surface area contributed by atoms with Gasteiger partial charge in [-0.2, -0.15) is 11.8 Å². The Morgan fingerprint density at radius 1 is 1.19 bits per heavy atom. The van der Waals surface area contributed by atoms with Crippen LogP contribution in [0.15, 0.2) is 16.6 Å². The number of carbonyl (C=O) groups excluding carboxylic acids is 2. The SMILES string of the molecule is COc1cc(CCNC(=O)OCOC(=O)OC2CSC2)c(OC)cc1Br. The molecule has 0 aromatic heterocycles. The van der Waals surface area contributed by atoms with Crippen LogP contribution in [0.25, 0.3) is 0 Å². The Morgan fingerprint density at radius 3 is 2.54 bits per heavy atom. The van der Waals surface area contributed by atoms with Crippen LogP contribution in [-0.2, 0) is 20.6 Å². The molecule has 1 aromatic carbocycles. The second-order valence-electron chi connectivity index (χ2n) is 5.20. The van der Waals surface area contributed by atoms with Crippen molar-refractivity contribution in [3.63, 3.8) is 0 Å². The molecule has 144 valence electrons. The molecule has 2 rings (SSSR count). The molecule has 1 aliphatic rings. The molecule has 1 fully saturated rings. The third-order valence-corrected chi connectivity index (χ3v) is 5.29. The number of carbonyl (C=O) groups is 2. The van der Waals surface area contributed by atoms with Gasteiger partial charge in [0.2, 0.25) is 6.79 Å². The molecular formula is C16H20BrNO7S.